The molecule has 4 rings (SSSR count). The molecular formula is C17H13F2N5OS. The normalized spacial score (nSPS) is 11.4. The van der Waals surface area contributed by atoms with E-state index in [0.717, 1.165) is 32.4 Å². The minimum atomic E-state index is -2.94. The number of halogens is 2. The van der Waals surface area contributed by atoms with Crippen molar-refractivity contribution < 1.29 is 13.5 Å². The lowest BCUT2D eigenvalue weighted by Gasteiger charge is -2.07. The van der Waals surface area contributed by atoms with Gasteiger partial charge in [0.15, 0.2) is 0 Å². The third-order valence-electron chi connectivity index (χ3n) is 3.75. The molecule has 1 N–H and O–H groups in total. The fourth-order valence-electron chi connectivity index (χ4n) is 2.70. The van der Waals surface area contributed by atoms with E-state index in [9.17, 15) is 8.78 Å². The number of alkyl halides is 2. The summed E-state index contributed by atoms with van der Waals surface area (Å²) in [6, 6.07) is 5.62. The highest BCUT2D eigenvalue weighted by Crippen LogP contribution is 2.37. The van der Waals surface area contributed by atoms with E-state index in [-0.39, 0.29) is 5.88 Å². The molecule has 0 saturated carbocycles. The molecule has 26 heavy (non-hydrogen) atoms. The van der Waals surface area contributed by atoms with Gasteiger partial charge in [0.2, 0.25) is 5.88 Å². The predicted octanol–water partition coefficient (Wildman–Crippen LogP) is 4.36. The van der Waals surface area contributed by atoms with Crippen molar-refractivity contribution in [3.8, 4) is 27.0 Å². The minimum absolute atomic E-state index is 0.211. The summed E-state index contributed by atoms with van der Waals surface area (Å²) in [6.07, 6.45) is 2.88. The number of nitrogens with zero attached hydrogens (tertiary/aromatic N) is 4. The van der Waals surface area contributed by atoms with E-state index >= 15 is 0 Å². The Labute approximate surface area is 150 Å². The summed E-state index contributed by atoms with van der Waals surface area (Å²) in [7, 11) is 0. The van der Waals surface area contributed by atoms with Crippen LogP contribution in [0.1, 0.15) is 11.3 Å². The van der Waals surface area contributed by atoms with Crippen LogP contribution in [-0.2, 0) is 0 Å². The van der Waals surface area contributed by atoms with Gasteiger partial charge in [0.1, 0.15) is 5.01 Å². The topological polar surface area (TPSA) is 76.6 Å². The van der Waals surface area contributed by atoms with Crippen LogP contribution in [0.15, 0.2) is 30.6 Å². The molecule has 0 amide bonds. The second-order valence-corrected chi connectivity index (χ2v) is 6.67. The van der Waals surface area contributed by atoms with Gasteiger partial charge in [-0.25, -0.2) is 15.0 Å². The number of hydrogen-bond donors (Lipinski definition) is 1. The zero-order chi connectivity index (χ0) is 18.3. The van der Waals surface area contributed by atoms with Crippen molar-refractivity contribution in [2.24, 2.45) is 0 Å². The van der Waals surface area contributed by atoms with Crippen LogP contribution in [0.25, 0.3) is 32.2 Å². The quantitative estimate of drug-likeness (QED) is 0.575. The van der Waals surface area contributed by atoms with Crippen molar-refractivity contribution in [2.75, 3.05) is 0 Å². The Morgan fingerprint density at radius 2 is 2.04 bits per heavy atom. The molecule has 0 saturated heterocycles. The predicted molar refractivity (Wildman–Crippen MR) is 94.3 cm³/mol. The maximum Gasteiger partial charge on any atom is 0.388 e. The number of hydrogen-bond acceptors (Lipinski definition) is 6. The molecule has 0 spiro atoms. The van der Waals surface area contributed by atoms with Crippen molar-refractivity contribution in [3.05, 3.63) is 41.9 Å². The van der Waals surface area contributed by atoms with Gasteiger partial charge < -0.3 is 4.74 Å². The Hall–Kier alpha value is -2.94. The lowest BCUT2D eigenvalue weighted by molar-refractivity contribution is -0.0528. The Kier molecular flexibility index (Phi) is 4.08. The fourth-order valence-corrected chi connectivity index (χ4v) is 3.76. The molecule has 0 atom stereocenters. The molecule has 0 bridgehead atoms. The first kappa shape index (κ1) is 16.5. The average Bonchev–Trinajstić information content (AvgIpc) is 3.22. The first-order valence-electron chi connectivity index (χ1n) is 7.71. The average molecular weight is 373 g/mol. The molecule has 132 valence electrons. The number of fused-ring (bicyclic) bond motifs is 1. The highest BCUT2D eigenvalue weighted by molar-refractivity contribution is 7.18. The van der Waals surface area contributed by atoms with Gasteiger partial charge in [0.25, 0.3) is 0 Å². The Morgan fingerprint density at radius 1 is 1.19 bits per heavy atom. The summed E-state index contributed by atoms with van der Waals surface area (Å²) in [5, 5.41) is 7.69. The third-order valence-corrected chi connectivity index (χ3v) is 4.98. The number of aryl methyl sites for hydroxylation is 2. The lowest BCUT2D eigenvalue weighted by atomic mass is 10.1. The van der Waals surface area contributed by atoms with Gasteiger partial charge in [0, 0.05) is 11.8 Å². The number of aromatic nitrogens is 5. The molecule has 0 fully saturated rings. The zero-order valence-corrected chi connectivity index (χ0v) is 14.6. The summed E-state index contributed by atoms with van der Waals surface area (Å²) in [4.78, 5) is 14.1. The summed E-state index contributed by atoms with van der Waals surface area (Å²) < 4.78 is 29.2. The number of thiazole rings is 1. The van der Waals surface area contributed by atoms with Gasteiger partial charge in [-0.05, 0) is 37.6 Å². The van der Waals surface area contributed by atoms with Crippen LogP contribution >= 0.6 is 11.3 Å². The van der Waals surface area contributed by atoms with Crippen LogP contribution in [0, 0.1) is 13.8 Å². The minimum Gasteiger partial charge on any atom is -0.415 e. The van der Waals surface area contributed by atoms with E-state index in [1.807, 2.05) is 26.0 Å². The molecule has 3 aromatic heterocycles. The summed E-state index contributed by atoms with van der Waals surface area (Å²) in [5.74, 6) is -0.211. The van der Waals surface area contributed by atoms with Crippen molar-refractivity contribution >= 4 is 22.4 Å². The molecule has 0 unspecified atom stereocenters. The van der Waals surface area contributed by atoms with Crippen LogP contribution in [0.4, 0.5) is 8.78 Å². The van der Waals surface area contributed by atoms with Gasteiger partial charge in [0.05, 0.1) is 33.5 Å². The van der Waals surface area contributed by atoms with Crippen LogP contribution in [0.3, 0.4) is 0 Å². The fraction of sp³-hybridized carbons (Fsp3) is 0.176. The van der Waals surface area contributed by atoms with E-state index in [4.69, 9.17) is 0 Å². The third kappa shape index (κ3) is 3.01. The largest absolute Gasteiger partial charge is 0.415 e. The van der Waals surface area contributed by atoms with Crippen molar-refractivity contribution in [3.63, 3.8) is 0 Å². The van der Waals surface area contributed by atoms with Gasteiger partial charge in [-0.3, -0.25) is 5.10 Å². The second kappa shape index (κ2) is 6.41. The zero-order valence-electron chi connectivity index (χ0n) is 13.8. The van der Waals surface area contributed by atoms with Crippen LogP contribution in [0.5, 0.6) is 5.88 Å². The highest BCUT2D eigenvalue weighted by atomic mass is 32.1. The standard InChI is InChI=1S/C17H13F2N5OS/c1-8-5-10(14-12(6-8)23-13(7-20-14)25-17(18)19)16-22-9(2)15(26-16)11-3-4-21-24-11/h3-7,17H,1-2H3,(H,21,24). The highest BCUT2D eigenvalue weighted by Gasteiger charge is 2.17. The van der Waals surface area contributed by atoms with E-state index in [1.165, 1.54) is 17.5 Å². The first-order chi connectivity index (χ1) is 12.5. The van der Waals surface area contributed by atoms with Crippen molar-refractivity contribution in [1.82, 2.24) is 25.1 Å². The van der Waals surface area contributed by atoms with E-state index in [2.05, 4.69) is 29.9 Å². The molecule has 0 aliphatic carbocycles. The molecule has 6 nitrogen and oxygen atoms in total. The lowest BCUT2D eigenvalue weighted by Crippen LogP contribution is -2.04. The summed E-state index contributed by atoms with van der Waals surface area (Å²) >= 11 is 1.51. The molecular weight excluding hydrogens is 360 g/mol. The van der Waals surface area contributed by atoms with Gasteiger partial charge in [-0.15, -0.1) is 11.3 Å². The van der Waals surface area contributed by atoms with Gasteiger partial charge >= 0.3 is 6.61 Å². The number of nitrogens with one attached hydrogen (secondary N) is 1. The van der Waals surface area contributed by atoms with E-state index in [0.29, 0.717) is 11.0 Å². The Morgan fingerprint density at radius 3 is 2.77 bits per heavy atom. The van der Waals surface area contributed by atoms with Crippen LogP contribution in [-0.4, -0.2) is 31.8 Å². The molecule has 1 aromatic carbocycles. The number of ether oxygens (including phenoxy) is 1. The Bertz CT molecular complexity index is 1080. The number of H-pyrrole nitrogens is 1. The van der Waals surface area contributed by atoms with E-state index < -0.39 is 6.61 Å². The SMILES string of the molecule is Cc1cc(-c2nc(C)c(-c3ccn[nH]3)s2)c2ncc(OC(F)F)nc2c1. The summed E-state index contributed by atoms with van der Waals surface area (Å²) in [5.41, 5.74) is 4.55. The van der Waals surface area contributed by atoms with Gasteiger partial charge in [-0.2, -0.15) is 13.9 Å². The number of aromatic amines is 1. The first-order valence-corrected chi connectivity index (χ1v) is 8.52. The Balaban J connectivity index is 1.85. The maximum absolute atomic E-state index is 12.4. The number of rotatable bonds is 4. The smallest absolute Gasteiger partial charge is 0.388 e. The second-order valence-electron chi connectivity index (χ2n) is 5.67. The molecule has 3 heterocycles. The number of benzene rings is 1. The molecule has 0 aliphatic rings. The van der Waals surface area contributed by atoms with Crippen LogP contribution in [0.2, 0.25) is 0 Å². The monoisotopic (exact) mass is 373 g/mol. The van der Waals surface area contributed by atoms with E-state index in [1.54, 1.807) is 12.3 Å². The molecule has 9 heteroatoms. The van der Waals surface area contributed by atoms with Crippen molar-refractivity contribution in [1.29, 1.82) is 0 Å². The van der Waals surface area contributed by atoms with Crippen molar-refractivity contribution in [2.45, 2.75) is 20.5 Å². The summed E-state index contributed by atoms with van der Waals surface area (Å²) in [6.45, 7) is 0.889. The molecule has 0 radical (unpaired) electrons. The van der Waals surface area contributed by atoms with Crippen LogP contribution < -0.4 is 4.74 Å². The van der Waals surface area contributed by atoms with Gasteiger partial charge in [-0.1, -0.05) is 0 Å². The maximum atomic E-state index is 12.4. The molecule has 4 aromatic rings. The molecule has 0 aliphatic heterocycles.